The molecule has 0 unspecified atom stereocenters. The van der Waals surface area contributed by atoms with Crippen molar-refractivity contribution in [1.29, 1.82) is 0 Å². The third kappa shape index (κ3) is 59.3. The average molecular weight is 160 g/mol. The van der Waals surface area contributed by atoms with Crippen molar-refractivity contribution >= 4 is 11.9 Å². The molecule has 4 nitrogen and oxygen atoms in total. The summed E-state index contributed by atoms with van der Waals surface area (Å²) in [7, 11) is 0. The molecule has 0 amide bonds. The van der Waals surface area contributed by atoms with Crippen molar-refractivity contribution in [3.05, 3.63) is 26.3 Å². The molecule has 0 bridgehead atoms. The van der Waals surface area contributed by atoms with Gasteiger partial charge >= 0.3 is 11.9 Å². The molecular weight excluding hydrogens is 148 g/mol. The Labute approximate surface area is 65.5 Å². The zero-order valence-electron chi connectivity index (χ0n) is 6.25. The number of carbonyl (C=O) groups is 2. The quantitative estimate of drug-likeness (QED) is 0.469. The summed E-state index contributed by atoms with van der Waals surface area (Å²) in [5.41, 5.74) is 0. The van der Waals surface area contributed by atoms with Crippen molar-refractivity contribution < 1.29 is 19.8 Å². The first-order chi connectivity index (χ1) is 5.13. The molecule has 0 radical (unpaired) electrons. The van der Waals surface area contributed by atoms with Crippen molar-refractivity contribution in [3.8, 4) is 0 Å². The van der Waals surface area contributed by atoms with Gasteiger partial charge in [0.2, 0.25) is 0 Å². The highest BCUT2D eigenvalue weighted by Crippen LogP contribution is 1.74. The summed E-state index contributed by atoms with van der Waals surface area (Å²) in [4.78, 5) is 18.9. The maximum Gasteiger partial charge on any atom is 0.314 e. The van der Waals surface area contributed by atoms with Crippen molar-refractivity contribution in [3.63, 3.8) is 0 Å². The van der Waals surface area contributed by atoms with Crippen LogP contribution in [0.15, 0.2) is 26.3 Å². The van der Waals surface area contributed by atoms with Gasteiger partial charge in [0.05, 0.1) is 0 Å². The van der Waals surface area contributed by atoms with Crippen molar-refractivity contribution in [1.82, 2.24) is 0 Å². The predicted octanol–water partition coefficient (Wildman–Crippen LogP) is 1.15. The summed E-state index contributed by atoms with van der Waals surface area (Å²) in [5, 5.41) is 15.4. The summed E-state index contributed by atoms with van der Waals surface area (Å²) >= 11 is 0. The van der Waals surface area contributed by atoms with E-state index < -0.39 is 18.4 Å². The SMILES string of the molecule is C=C.C=C.O=C(O)CC(=O)O. The molecule has 0 aromatic heterocycles. The van der Waals surface area contributed by atoms with E-state index in [-0.39, 0.29) is 0 Å². The second-order valence-electron chi connectivity index (χ2n) is 0.964. The Morgan fingerprint density at radius 1 is 0.909 bits per heavy atom. The van der Waals surface area contributed by atoms with Gasteiger partial charge in [-0.25, -0.2) is 0 Å². The number of rotatable bonds is 2. The zero-order valence-corrected chi connectivity index (χ0v) is 6.25. The van der Waals surface area contributed by atoms with Crippen LogP contribution in [0.1, 0.15) is 6.42 Å². The van der Waals surface area contributed by atoms with Gasteiger partial charge in [0.15, 0.2) is 0 Å². The van der Waals surface area contributed by atoms with Crippen LogP contribution in [0.2, 0.25) is 0 Å². The molecule has 2 N–H and O–H groups in total. The summed E-state index contributed by atoms with van der Waals surface area (Å²) in [6, 6.07) is 0. The van der Waals surface area contributed by atoms with Crippen LogP contribution in [0.4, 0.5) is 0 Å². The fourth-order valence-electron chi connectivity index (χ4n) is 0.129. The molecule has 0 aromatic rings. The van der Waals surface area contributed by atoms with Crippen LogP contribution < -0.4 is 0 Å². The van der Waals surface area contributed by atoms with Crippen molar-refractivity contribution in [2.24, 2.45) is 0 Å². The number of carboxylic acids is 2. The van der Waals surface area contributed by atoms with Gasteiger partial charge in [0.25, 0.3) is 0 Å². The second kappa shape index (κ2) is 15.8. The minimum Gasteiger partial charge on any atom is -0.481 e. The predicted molar refractivity (Wildman–Crippen MR) is 42.4 cm³/mol. The van der Waals surface area contributed by atoms with Gasteiger partial charge < -0.3 is 10.2 Å². The number of carboxylic acid groups (broad SMARTS) is 2. The van der Waals surface area contributed by atoms with E-state index in [1.165, 1.54) is 0 Å². The minimum atomic E-state index is -1.31. The molecule has 0 spiro atoms. The van der Waals surface area contributed by atoms with Crippen LogP contribution >= 0.6 is 0 Å². The maximum atomic E-state index is 9.43. The third-order valence-electron chi connectivity index (χ3n) is 0.302. The second-order valence-corrected chi connectivity index (χ2v) is 0.964. The first-order valence-electron chi connectivity index (χ1n) is 2.56. The Balaban J connectivity index is -0.000000138. The number of aliphatic carboxylic acids is 2. The Morgan fingerprint density at radius 3 is 1.09 bits per heavy atom. The van der Waals surface area contributed by atoms with E-state index in [1.807, 2.05) is 0 Å². The van der Waals surface area contributed by atoms with E-state index in [0.717, 1.165) is 0 Å². The summed E-state index contributed by atoms with van der Waals surface area (Å²) in [5.74, 6) is -2.62. The van der Waals surface area contributed by atoms with Gasteiger partial charge in [0, 0.05) is 0 Å². The van der Waals surface area contributed by atoms with Gasteiger partial charge in [-0.1, -0.05) is 0 Å². The lowest BCUT2D eigenvalue weighted by atomic mass is 10.5. The fourth-order valence-corrected chi connectivity index (χ4v) is 0.129. The zero-order chi connectivity index (χ0) is 9.86. The molecule has 0 atom stereocenters. The first kappa shape index (κ1) is 16.2. The molecule has 4 heteroatoms. The highest BCUT2D eigenvalue weighted by Gasteiger charge is 2.01. The van der Waals surface area contributed by atoms with Gasteiger partial charge in [-0.2, -0.15) is 0 Å². The van der Waals surface area contributed by atoms with Crippen molar-refractivity contribution in [2.45, 2.75) is 6.42 Å². The van der Waals surface area contributed by atoms with Crippen LogP contribution in [-0.2, 0) is 9.59 Å². The molecule has 0 aliphatic heterocycles. The third-order valence-corrected chi connectivity index (χ3v) is 0.302. The van der Waals surface area contributed by atoms with Gasteiger partial charge in [-0.3, -0.25) is 9.59 Å². The Bertz CT molecular complexity index is 106. The topological polar surface area (TPSA) is 74.6 Å². The molecule has 0 heterocycles. The number of hydrogen-bond donors (Lipinski definition) is 2. The van der Waals surface area contributed by atoms with Crippen LogP contribution in [-0.4, -0.2) is 22.2 Å². The molecule has 0 aliphatic carbocycles. The lowest BCUT2D eigenvalue weighted by Gasteiger charge is -1.80. The van der Waals surface area contributed by atoms with E-state index in [4.69, 9.17) is 10.2 Å². The smallest absolute Gasteiger partial charge is 0.314 e. The van der Waals surface area contributed by atoms with E-state index in [0.29, 0.717) is 0 Å². The number of hydrogen-bond acceptors (Lipinski definition) is 2. The lowest BCUT2D eigenvalue weighted by Crippen LogP contribution is -2.03. The normalized spacial score (nSPS) is 5.82. The van der Waals surface area contributed by atoms with Gasteiger partial charge in [-0.05, 0) is 0 Å². The highest BCUT2D eigenvalue weighted by atomic mass is 16.4. The molecule has 0 saturated heterocycles. The molecular formula is C7H12O4. The molecule has 0 aromatic carbocycles. The van der Waals surface area contributed by atoms with Crippen LogP contribution in [0.3, 0.4) is 0 Å². The van der Waals surface area contributed by atoms with Crippen LogP contribution in [0.5, 0.6) is 0 Å². The minimum absolute atomic E-state index is 0.806. The molecule has 11 heavy (non-hydrogen) atoms. The van der Waals surface area contributed by atoms with E-state index in [1.54, 1.807) is 0 Å². The summed E-state index contributed by atoms with van der Waals surface area (Å²) in [6.07, 6.45) is -0.806. The van der Waals surface area contributed by atoms with E-state index >= 15 is 0 Å². The van der Waals surface area contributed by atoms with Crippen LogP contribution in [0.25, 0.3) is 0 Å². The van der Waals surface area contributed by atoms with E-state index in [2.05, 4.69) is 26.3 Å². The Morgan fingerprint density at radius 2 is 1.09 bits per heavy atom. The molecule has 0 fully saturated rings. The molecule has 0 rings (SSSR count). The van der Waals surface area contributed by atoms with Gasteiger partial charge in [-0.15, -0.1) is 26.3 Å². The Hall–Kier alpha value is -1.58. The Kier molecular flexibility index (Phi) is 23.2. The first-order valence-corrected chi connectivity index (χ1v) is 2.56. The van der Waals surface area contributed by atoms with Gasteiger partial charge in [0.1, 0.15) is 6.42 Å². The lowest BCUT2D eigenvalue weighted by molar-refractivity contribution is -0.147. The average Bonchev–Trinajstić information content (AvgIpc) is 1.93. The molecule has 0 saturated carbocycles. The summed E-state index contributed by atoms with van der Waals surface area (Å²) in [6.45, 7) is 12.0. The van der Waals surface area contributed by atoms with E-state index in [9.17, 15) is 9.59 Å². The summed E-state index contributed by atoms with van der Waals surface area (Å²) < 4.78 is 0. The molecule has 0 aliphatic rings. The van der Waals surface area contributed by atoms with Crippen molar-refractivity contribution in [2.75, 3.05) is 0 Å². The largest absolute Gasteiger partial charge is 0.481 e. The maximum absolute atomic E-state index is 9.43. The van der Waals surface area contributed by atoms with Crippen LogP contribution in [0, 0.1) is 0 Å². The monoisotopic (exact) mass is 160 g/mol. The fraction of sp³-hybridized carbons (Fsp3) is 0.143. The molecule has 64 valence electrons. The highest BCUT2D eigenvalue weighted by molar-refractivity contribution is 5.88. The standard InChI is InChI=1S/C3H4O4.2C2H4/c4-2(5)1-3(6)7;2*1-2/h1H2,(H,4,5)(H,6,7);2*1-2H2.